The van der Waals surface area contributed by atoms with Crippen LogP contribution in [0.3, 0.4) is 0 Å². The van der Waals surface area contributed by atoms with Gasteiger partial charge in [-0.1, -0.05) is 50.8 Å². The predicted octanol–water partition coefficient (Wildman–Crippen LogP) is 5.22. The second-order valence-corrected chi connectivity index (χ2v) is 7.29. The molecule has 1 aliphatic carbocycles. The normalized spacial score (nSPS) is 22.2. The molecule has 1 aliphatic rings. The average molecular weight is 360 g/mol. The van der Waals surface area contributed by atoms with E-state index < -0.39 is 11.5 Å². The lowest BCUT2D eigenvalue weighted by Gasteiger charge is -2.33. The molecule has 0 heterocycles. The Labute approximate surface area is 157 Å². The minimum atomic E-state index is -0.678. The molecular formula is C22H32O4. The van der Waals surface area contributed by atoms with Crippen LogP contribution >= 0.6 is 0 Å². The SMILES string of the molecule is CCCCCCC1(C(=O)OCC)CCCC1OC(=O)c1ccccc1C. The zero-order valence-corrected chi connectivity index (χ0v) is 16.4. The number of carbonyl (C=O) groups is 2. The van der Waals surface area contributed by atoms with Gasteiger partial charge in [0.05, 0.1) is 12.2 Å². The van der Waals surface area contributed by atoms with Crippen molar-refractivity contribution in [3.05, 3.63) is 35.4 Å². The molecule has 1 aromatic carbocycles. The van der Waals surface area contributed by atoms with Crippen molar-refractivity contribution in [1.82, 2.24) is 0 Å². The molecule has 1 aromatic rings. The van der Waals surface area contributed by atoms with Gasteiger partial charge in [0, 0.05) is 0 Å². The van der Waals surface area contributed by atoms with Gasteiger partial charge in [0.2, 0.25) is 0 Å². The molecule has 0 N–H and O–H groups in total. The summed E-state index contributed by atoms with van der Waals surface area (Å²) in [7, 11) is 0. The Balaban J connectivity index is 2.16. The van der Waals surface area contributed by atoms with Crippen molar-refractivity contribution >= 4 is 11.9 Å². The van der Waals surface area contributed by atoms with Gasteiger partial charge in [-0.3, -0.25) is 4.79 Å². The van der Waals surface area contributed by atoms with Crippen LogP contribution in [0.5, 0.6) is 0 Å². The summed E-state index contributed by atoms with van der Waals surface area (Å²) in [6.07, 6.45) is 7.06. The highest BCUT2D eigenvalue weighted by atomic mass is 16.6. The summed E-state index contributed by atoms with van der Waals surface area (Å²) in [6, 6.07) is 7.41. The maximum absolute atomic E-state index is 12.8. The highest BCUT2D eigenvalue weighted by molar-refractivity contribution is 5.91. The first kappa shape index (κ1) is 20.5. The number of aryl methyl sites for hydroxylation is 1. The van der Waals surface area contributed by atoms with E-state index in [9.17, 15) is 9.59 Å². The summed E-state index contributed by atoms with van der Waals surface area (Å²) in [4.78, 5) is 25.5. The van der Waals surface area contributed by atoms with Gasteiger partial charge in [0.15, 0.2) is 0 Å². The lowest BCUT2D eigenvalue weighted by Crippen LogP contribution is -2.42. The third-order valence-corrected chi connectivity index (χ3v) is 5.48. The number of hydrogen-bond donors (Lipinski definition) is 0. The molecule has 144 valence electrons. The smallest absolute Gasteiger partial charge is 0.338 e. The summed E-state index contributed by atoms with van der Waals surface area (Å²) < 4.78 is 11.3. The molecule has 0 saturated heterocycles. The number of ether oxygens (including phenoxy) is 2. The van der Waals surface area contributed by atoms with Crippen LogP contribution in [0.2, 0.25) is 0 Å². The van der Waals surface area contributed by atoms with Gasteiger partial charge in [-0.05, 0) is 51.2 Å². The van der Waals surface area contributed by atoms with Crippen LogP contribution in [0.4, 0.5) is 0 Å². The minimum absolute atomic E-state index is 0.198. The molecule has 0 amide bonds. The van der Waals surface area contributed by atoms with Crippen LogP contribution in [0.1, 0.15) is 81.1 Å². The largest absolute Gasteiger partial charge is 0.465 e. The Kier molecular flexibility index (Phi) is 7.67. The summed E-state index contributed by atoms with van der Waals surface area (Å²) in [6.45, 7) is 6.25. The van der Waals surface area contributed by atoms with E-state index in [4.69, 9.17) is 9.47 Å². The predicted molar refractivity (Wildman–Crippen MR) is 102 cm³/mol. The first-order valence-corrected chi connectivity index (χ1v) is 9.99. The Bertz CT molecular complexity index is 610. The minimum Gasteiger partial charge on any atom is -0.465 e. The molecule has 26 heavy (non-hydrogen) atoms. The van der Waals surface area contributed by atoms with E-state index in [0.29, 0.717) is 12.2 Å². The number of unbranched alkanes of at least 4 members (excludes halogenated alkanes) is 3. The summed E-state index contributed by atoms with van der Waals surface area (Å²) in [5.41, 5.74) is 0.783. The third kappa shape index (κ3) is 4.66. The van der Waals surface area contributed by atoms with Gasteiger partial charge in [0.25, 0.3) is 0 Å². The van der Waals surface area contributed by atoms with Crippen LogP contribution in [-0.2, 0) is 14.3 Å². The van der Waals surface area contributed by atoms with Crippen LogP contribution in [-0.4, -0.2) is 24.6 Å². The summed E-state index contributed by atoms with van der Waals surface area (Å²) in [5, 5.41) is 0. The Hall–Kier alpha value is -1.84. The van der Waals surface area contributed by atoms with Gasteiger partial charge in [-0.15, -0.1) is 0 Å². The second-order valence-electron chi connectivity index (χ2n) is 7.29. The van der Waals surface area contributed by atoms with E-state index in [2.05, 4.69) is 6.92 Å². The van der Waals surface area contributed by atoms with E-state index in [1.54, 1.807) is 6.07 Å². The molecule has 2 atom stereocenters. The fourth-order valence-corrected chi connectivity index (χ4v) is 3.97. The van der Waals surface area contributed by atoms with Crippen molar-refractivity contribution in [1.29, 1.82) is 0 Å². The summed E-state index contributed by atoms with van der Waals surface area (Å²) in [5.74, 6) is -0.534. The number of esters is 2. The maximum Gasteiger partial charge on any atom is 0.338 e. The molecule has 4 heteroatoms. The first-order valence-electron chi connectivity index (χ1n) is 9.99. The van der Waals surface area contributed by atoms with Gasteiger partial charge in [-0.2, -0.15) is 0 Å². The van der Waals surface area contributed by atoms with Gasteiger partial charge < -0.3 is 9.47 Å². The maximum atomic E-state index is 12.8. The van der Waals surface area contributed by atoms with E-state index >= 15 is 0 Å². The lowest BCUT2D eigenvalue weighted by molar-refractivity contribution is -0.162. The van der Waals surface area contributed by atoms with E-state index in [1.807, 2.05) is 32.0 Å². The van der Waals surface area contributed by atoms with Crippen molar-refractivity contribution in [2.75, 3.05) is 6.61 Å². The van der Waals surface area contributed by atoms with Gasteiger partial charge >= 0.3 is 11.9 Å². The van der Waals surface area contributed by atoms with Gasteiger partial charge in [-0.25, -0.2) is 4.79 Å². The zero-order valence-electron chi connectivity index (χ0n) is 16.4. The Morgan fingerprint density at radius 1 is 1.15 bits per heavy atom. The lowest BCUT2D eigenvalue weighted by atomic mass is 9.78. The highest BCUT2D eigenvalue weighted by Crippen LogP contribution is 2.46. The van der Waals surface area contributed by atoms with Crippen LogP contribution in [0, 0.1) is 12.3 Å². The van der Waals surface area contributed by atoms with Crippen LogP contribution in [0.25, 0.3) is 0 Å². The fourth-order valence-electron chi connectivity index (χ4n) is 3.97. The fraction of sp³-hybridized carbons (Fsp3) is 0.636. The first-order chi connectivity index (χ1) is 12.5. The molecule has 0 spiro atoms. The Morgan fingerprint density at radius 2 is 1.92 bits per heavy atom. The number of hydrogen-bond acceptors (Lipinski definition) is 4. The summed E-state index contributed by atoms with van der Waals surface area (Å²) >= 11 is 0. The van der Waals surface area contributed by atoms with E-state index in [-0.39, 0.29) is 11.9 Å². The molecule has 0 aromatic heterocycles. The number of carbonyl (C=O) groups excluding carboxylic acids is 2. The number of benzene rings is 1. The molecular weight excluding hydrogens is 328 g/mol. The molecule has 1 saturated carbocycles. The Morgan fingerprint density at radius 3 is 2.62 bits per heavy atom. The molecule has 1 fully saturated rings. The third-order valence-electron chi connectivity index (χ3n) is 5.48. The monoisotopic (exact) mass is 360 g/mol. The van der Waals surface area contributed by atoms with Crippen molar-refractivity contribution in [3.63, 3.8) is 0 Å². The standard InChI is InChI=1S/C22H32O4/c1-4-6-7-10-15-22(21(24)25-5-2)16-11-14-19(22)26-20(23)18-13-9-8-12-17(18)3/h8-9,12-13,19H,4-7,10-11,14-16H2,1-3H3. The van der Waals surface area contributed by atoms with E-state index in [0.717, 1.165) is 56.9 Å². The molecule has 0 bridgehead atoms. The highest BCUT2D eigenvalue weighted by Gasteiger charge is 2.52. The number of rotatable bonds is 9. The molecule has 2 rings (SSSR count). The molecule has 4 nitrogen and oxygen atoms in total. The zero-order chi connectivity index (χ0) is 19.0. The van der Waals surface area contributed by atoms with Crippen LogP contribution < -0.4 is 0 Å². The van der Waals surface area contributed by atoms with Crippen molar-refractivity contribution in [3.8, 4) is 0 Å². The van der Waals surface area contributed by atoms with Crippen molar-refractivity contribution in [2.24, 2.45) is 5.41 Å². The molecule has 0 aliphatic heterocycles. The topological polar surface area (TPSA) is 52.6 Å². The quantitative estimate of drug-likeness (QED) is 0.447. The van der Waals surface area contributed by atoms with Crippen LogP contribution in [0.15, 0.2) is 24.3 Å². The van der Waals surface area contributed by atoms with Crippen molar-refractivity contribution in [2.45, 2.75) is 78.2 Å². The molecule has 0 radical (unpaired) electrons. The van der Waals surface area contributed by atoms with Crippen molar-refractivity contribution < 1.29 is 19.1 Å². The van der Waals surface area contributed by atoms with E-state index in [1.165, 1.54) is 0 Å². The second kappa shape index (κ2) is 9.75. The average Bonchev–Trinajstić information content (AvgIpc) is 3.03. The van der Waals surface area contributed by atoms with Gasteiger partial charge in [0.1, 0.15) is 11.5 Å². The molecule has 2 unspecified atom stereocenters.